The Kier molecular flexibility index (Phi) is 4.35. The Morgan fingerprint density at radius 2 is 1.95 bits per heavy atom. The molecule has 19 heavy (non-hydrogen) atoms. The van der Waals surface area contributed by atoms with Gasteiger partial charge in [0.05, 0.1) is 0 Å². The van der Waals surface area contributed by atoms with Crippen molar-refractivity contribution in [3.63, 3.8) is 0 Å². The molecule has 1 aromatic heterocycles. The molecule has 1 atom stereocenters. The predicted molar refractivity (Wildman–Crippen MR) is 75.0 cm³/mol. The molecule has 1 unspecified atom stereocenters. The Morgan fingerprint density at radius 3 is 2.58 bits per heavy atom. The zero-order valence-corrected chi connectivity index (χ0v) is 11.9. The molecule has 1 aliphatic rings. The van der Waals surface area contributed by atoms with E-state index < -0.39 is 0 Å². The van der Waals surface area contributed by atoms with Gasteiger partial charge >= 0.3 is 0 Å². The van der Waals surface area contributed by atoms with Crippen LogP contribution < -0.4 is 5.32 Å². The van der Waals surface area contributed by atoms with Gasteiger partial charge in [0.2, 0.25) is 5.91 Å². The number of carbonyl (C=O) groups excluding carboxylic acids is 1. The lowest BCUT2D eigenvalue weighted by molar-refractivity contribution is -0.132. The molecule has 1 fully saturated rings. The number of hydrogen-bond acceptors (Lipinski definition) is 4. The number of carbonyl (C=O) groups is 1. The SMILES string of the molecule is Cc1cc(NC(C)C(=O)N2CCCCC2)nc(C)n1. The number of nitrogens with one attached hydrogen (secondary N) is 1. The maximum Gasteiger partial charge on any atom is 0.244 e. The van der Waals surface area contributed by atoms with Crippen LogP contribution in [0.5, 0.6) is 0 Å². The molecule has 0 aliphatic carbocycles. The van der Waals surface area contributed by atoms with Crippen LogP contribution in [0.25, 0.3) is 0 Å². The van der Waals surface area contributed by atoms with Gasteiger partial charge in [-0.15, -0.1) is 0 Å². The normalized spacial score (nSPS) is 17.1. The van der Waals surface area contributed by atoms with E-state index in [1.165, 1.54) is 6.42 Å². The number of aryl methyl sites for hydroxylation is 2. The van der Waals surface area contributed by atoms with Gasteiger partial charge in [-0.1, -0.05) is 0 Å². The first-order valence-electron chi connectivity index (χ1n) is 6.94. The fourth-order valence-corrected chi connectivity index (χ4v) is 2.46. The van der Waals surface area contributed by atoms with E-state index in [0.717, 1.165) is 43.3 Å². The third kappa shape index (κ3) is 3.66. The second-order valence-electron chi connectivity index (χ2n) is 5.19. The summed E-state index contributed by atoms with van der Waals surface area (Å²) >= 11 is 0. The highest BCUT2D eigenvalue weighted by atomic mass is 16.2. The molecule has 2 heterocycles. The van der Waals surface area contributed by atoms with Crippen molar-refractivity contribution in [2.75, 3.05) is 18.4 Å². The Bertz CT molecular complexity index is 435. The molecule has 0 bridgehead atoms. The van der Waals surface area contributed by atoms with E-state index in [-0.39, 0.29) is 11.9 Å². The van der Waals surface area contributed by atoms with E-state index >= 15 is 0 Å². The number of rotatable bonds is 3. The lowest BCUT2D eigenvalue weighted by atomic mass is 10.1. The molecule has 0 aromatic carbocycles. The van der Waals surface area contributed by atoms with Crippen LogP contribution in [0.3, 0.4) is 0 Å². The van der Waals surface area contributed by atoms with Gasteiger partial charge < -0.3 is 10.2 Å². The van der Waals surface area contributed by atoms with Crippen LogP contribution in [0.4, 0.5) is 5.82 Å². The summed E-state index contributed by atoms with van der Waals surface area (Å²) in [6.45, 7) is 7.44. The Hall–Kier alpha value is -1.65. The first kappa shape index (κ1) is 13.8. The van der Waals surface area contributed by atoms with E-state index in [1.807, 2.05) is 31.7 Å². The van der Waals surface area contributed by atoms with Gasteiger partial charge in [0, 0.05) is 24.8 Å². The summed E-state index contributed by atoms with van der Waals surface area (Å²) in [6, 6.07) is 1.62. The van der Waals surface area contributed by atoms with Gasteiger partial charge in [-0.2, -0.15) is 0 Å². The zero-order chi connectivity index (χ0) is 13.8. The smallest absolute Gasteiger partial charge is 0.244 e. The van der Waals surface area contributed by atoms with Crippen LogP contribution in [-0.4, -0.2) is 39.9 Å². The minimum atomic E-state index is -0.244. The molecule has 1 aromatic rings. The van der Waals surface area contributed by atoms with Crippen LogP contribution in [0, 0.1) is 13.8 Å². The molecule has 1 aliphatic heterocycles. The number of hydrogen-bond donors (Lipinski definition) is 1. The fraction of sp³-hybridized carbons (Fsp3) is 0.643. The molecule has 5 heteroatoms. The number of amides is 1. The van der Waals surface area contributed by atoms with E-state index in [1.54, 1.807) is 0 Å². The monoisotopic (exact) mass is 262 g/mol. The van der Waals surface area contributed by atoms with Crippen LogP contribution in [0.2, 0.25) is 0 Å². The van der Waals surface area contributed by atoms with Crippen molar-refractivity contribution in [1.82, 2.24) is 14.9 Å². The van der Waals surface area contributed by atoms with Crippen molar-refractivity contribution in [3.05, 3.63) is 17.6 Å². The van der Waals surface area contributed by atoms with Crippen molar-refractivity contribution in [1.29, 1.82) is 0 Å². The lowest BCUT2D eigenvalue weighted by Crippen LogP contribution is -2.44. The van der Waals surface area contributed by atoms with Crippen molar-refractivity contribution in [2.24, 2.45) is 0 Å². The number of nitrogens with zero attached hydrogens (tertiary/aromatic N) is 3. The molecular formula is C14H22N4O. The fourth-order valence-electron chi connectivity index (χ4n) is 2.46. The summed E-state index contributed by atoms with van der Waals surface area (Å²) in [7, 11) is 0. The quantitative estimate of drug-likeness (QED) is 0.904. The topological polar surface area (TPSA) is 58.1 Å². The number of anilines is 1. The number of likely N-dealkylation sites (tertiary alicyclic amines) is 1. The third-order valence-electron chi connectivity index (χ3n) is 3.37. The van der Waals surface area contributed by atoms with E-state index in [4.69, 9.17) is 0 Å². The summed E-state index contributed by atoms with van der Waals surface area (Å²) in [5, 5.41) is 3.18. The van der Waals surface area contributed by atoms with Gasteiger partial charge in [-0.05, 0) is 40.0 Å². The second kappa shape index (κ2) is 5.99. The number of aromatic nitrogens is 2. The Morgan fingerprint density at radius 1 is 1.26 bits per heavy atom. The Balaban J connectivity index is 1.99. The Labute approximate surface area is 114 Å². The maximum atomic E-state index is 12.3. The van der Waals surface area contributed by atoms with Crippen molar-refractivity contribution < 1.29 is 4.79 Å². The minimum absolute atomic E-state index is 0.161. The van der Waals surface area contributed by atoms with Gasteiger partial charge in [-0.25, -0.2) is 9.97 Å². The highest BCUT2D eigenvalue weighted by Crippen LogP contribution is 2.12. The van der Waals surface area contributed by atoms with Crippen molar-refractivity contribution >= 4 is 11.7 Å². The summed E-state index contributed by atoms with van der Waals surface area (Å²) in [6.07, 6.45) is 3.46. The van der Waals surface area contributed by atoms with E-state index in [0.29, 0.717) is 0 Å². The molecular weight excluding hydrogens is 240 g/mol. The molecule has 0 saturated carbocycles. The van der Waals surface area contributed by atoms with E-state index in [9.17, 15) is 4.79 Å². The third-order valence-corrected chi connectivity index (χ3v) is 3.37. The highest BCUT2D eigenvalue weighted by molar-refractivity contribution is 5.84. The van der Waals surface area contributed by atoms with Crippen LogP contribution in [-0.2, 0) is 4.79 Å². The summed E-state index contributed by atoms with van der Waals surface area (Å²) in [5.41, 5.74) is 0.910. The second-order valence-corrected chi connectivity index (χ2v) is 5.19. The number of piperidine rings is 1. The molecule has 1 saturated heterocycles. The van der Waals surface area contributed by atoms with Crippen LogP contribution in [0.15, 0.2) is 6.07 Å². The van der Waals surface area contributed by atoms with Gasteiger partial charge in [0.15, 0.2) is 0 Å². The first-order valence-corrected chi connectivity index (χ1v) is 6.94. The molecule has 5 nitrogen and oxygen atoms in total. The molecule has 0 spiro atoms. The standard InChI is InChI=1S/C14H22N4O/c1-10-9-13(17-12(3)15-10)16-11(2)14(19)18-7-5-4-6-8-18/h9,11H,4-8H2,1-3H3,(H,15,16,17). The minimum Gasteiger partial charge on any atom is -0.359 e. The van der Waals surface area contributed by atoms with Gasteiger partial charge in [0.1, 0.15) is 17.7 Å². The predicted octanol–water partition coefficient (Wildman–Crippen LogP) is 1.91. The summed E-state index contributed by atoms with van der Waals surface area (Å²) in [5.74, 6) is 1.61. The van der Waals surface area contributed by atoms with Crippen LogP contribution in [0.1, 0.15) is 37.7 Å². The largest absolute Gasteiger partial charge is 0.359 e. The first-order chi connectivity index (χ1) is 9.06. The van der Waals surface area contributed by atoms with Crippen molar-refractivity contribution in [3.8, 4) is 0 Å². The highest BCUT2D eigenvalue weighted by Gasteiger charge is 2.22. The molecule has 1 N–H and O–H groups in total. The summed E-state index contributed by atoms with van der Waals surface area (Å²) in [4.78, 5) is 22.8. The zero-order valence-electron chi connectivity index (χ0n) is 11.9. The summed E-state index contributed by atoms with van der Waals surface area (Å²) < 4.78 is 0. The average molecular weight is 262 g/mol. The maximum absolute atomic E-state index is 12.3. The van der Waals surface area contributed by atoms with Gasteiger partial charge in [-0.3, -0.25) is 4.79 Å². The molecule has 1 amide bonds. The average Bonchev–Trinajstić information content (AvgIpc) is 2.37. The molecule has 0 radical (unpaired) electrons. The van der Waals surface area contributed by atoms with Crippen molar-refractivity contribution in [2.45, 2.75) is 46.1 Å². The lowest BCUT2D eigenvalue weighted by Gasteiger charge is -2.29. The van der Waals surface area contributed by atoms with Crippen LogP contribution >= 0.6 is 0 Å². The van der Waals surface area contributed by atoms with E-state index in [2.05, 4.69) is 15.3 Å². The molecule has 2 rings (SSSR count). The molecule has 104 valence electrons. The van der Waals surface area contributed by atoms with Gasteiger partial charge in [0.25, 0.3) is 0 Å².